The Hall–Kier alpha value is -2.61. The maximum absolute atomic E-state index is 12.4. The van der Waals surface area contributed by atoms with Gasteiger partial charge in [0.25, 0.3) is 0 Å². The summed E-state index contributed by atoms with van der Waals surface area (Å²) in [6.45, 7) is 4.89. The number of amides is 2. The number of carbonyl (C=O) groups excluding carboxylic acids is 3. The van der Waals surface area contributed by atoms with E-state index >= 15 is 0 Å². The number of nitrogens with one attached hydrogen (secondary N) is 2. The number of esters is 1. The van der Waals surface area contributed by atoms with Crippen LogP contribution in [0.25, 0.3) is 0 Å². The summed E-state index contributed by atoms with van der Waals surface area (Å²) in [5.74, 6) is -1.66. The highest BCUT2D eigenvalue weighted by Gasteiger charge is 2.31. The molecule has 8 heteroatoms. The lowest BCUT2D eigenvalue weighted by Crippen LogP contribution is -2.56. The van der Waals surface area contributed by atoms with E-state index in [9.17, 15) is 19.5 Å². The van der Waals surface area contributed by atoms with Crippen LogP contribution in [-0.2, 0) is 25.7 Å². The Labute approximate surface area is 152 Å². The van der Waals surface area contributed by atoms with Gasteiger partial charge in [0.15, 0.2) is 6.04 Å². The molecule has 0 unspecified atom stereocenters. The van der Waals surface area contributed by atoms with Crippen molar-refractivity contribution < 1.29 is 29.0 Å². The molecule has 1 rings (SSSR count). The lowest BCUT2D eigenvalue weighted by Gasteiger charge is -2.25. The van der Waals surface area contributed by atoms with Crippen molar-refractivity contribution >= 4 is 18.0 Å². The summed E-state index contributed by atoms with van der Waals surface area (Å²) < 4.78 is 9.67. The van der Waals surface area contributed by atoms with Gasteiger partial charge in [-0.25, -0.2) is 9.59 Å². The number of hydrogen-bond acceptors (Lipinski definition) is 6. The molecular formula is C18H26N2O6. The predicted molar refractivity (Wildman–Crippen MR) is 94.0 cm³/mol. The molecule has 0 heterocycles. The third-order valence-electron chi connectivity index (χ3n) is 3.67. The first kappa shape index (κ1) is 21.4. The third kappa shape index (κ3) is 6.72. The van der Waals surface area contributed by atoms with Gasteiger partial charge in [0, 0.05) is 0 Å². The number of rotatable bonds is 8. The Kier molecular flexibility index (Phi) is 8.57. The molecule has 0 radical (unpaired) electrons. The van der Waals surface area contributed by atoms with Crippen LogP contribution in [-0.4, -0.2) is 48.4 Å². The molecule has 0 bridgehead atoms. The minimum absolute atomic E-state index is 0.0670. The summed E-state index contributed by atoms with van der Waals surface area (Å²) in [4.78, 5) is 36.1. The van der Waals surface area contributed by atoms with Gasteiger partial charge in [-0.15, -0.1) is 0 Å². The van der Waals surface area contributed by atoms with Crippen LogP contribution in [0.3, 0.4) is 0 Å². The first-order valence-corrected chi connectivity index (χ1v) is 8.29. The maximum atomic E-state index is 12.4. The Morgan fingerprint density at radius 2 is 1.65 bits per heavy atom. The average Bonchev–Trinajstić information content (AvgIpc) is 2.61. The van der Waals surface area contributed by atoms with Gasteiger partial charge in [0.1, 0.15) is 12.6 Å². The van der Waals surface area contributed by atoms with E-state index in [4.69, 9.17) is 4.74 Å². The van der Waals surface area contributed by atoms with Crippen LogP contribution in [0, 0.1) is 5.92 Å². The van der Waals surface area contributed by atoms with E-state index in [1.54, 1.807) is 13.8 Å². The lowest BCUT2D eigenvalue weighted by molar-refractivity contribution is -0.148. The molecule has 0 aliphatic carbocycles. The highest BCUT2D eigenvalue weighted by molar-refractivity contribution is 5.90. The standard InChI is InChI=1S/C18H26N2O6/c1-11(2)14(16(22)19-15(12(3)21)17(23)25-4)20-18(24)26-10-13-8-6-5-7-9-13/h5-9,11-12,14-15,21H,10H2,1-4H3,(H,19,22)(H,20,24)/t12-,14-,15-/m0/s1. The van der Waals surface area contributed by atoms with E-state index in [2.05, 4.69) is 15.4 Å². The average molecular weight is 366 g/mol. The van der Waals surface area contributed by atoms with E-state index in [1.165, 1.54) is 6.92 Å². The summed E-state index contributed by atoms with van der Waals surface area (Å²) in [5, 5.41) is 14.5. The van der Waals surface area contributed by atoms with Crippen molar-refractivity contribution in [1.82, 2.24) is 10.6 Å². The number of hydrogen-bond donors (Lipinski definition) is 3. The largest absolute Gasteiger partial charge is 0.467 e. The topological polar surface area (TPSA) is 114 Å². The predicted octanol–water partition coefficient (Wildman–Crippen LogP) is 0.976. The second-order valence-electron chi connectivity index (χ2n) is 6.18. The number of aliphatic hydroxyl groups is 1. The molecule has 3 atom stereocenters. The van der Waals surface area contributed by atoms with Crippen molar-refractivity contribution in [2.24, 2.45) is 5.92 Å². The van der Waals surface area contributed by atoms with E-state index in [0.29, 0.717) is 0 Å². The lowest BCUT2D eigenvalue weighted by atomic mass is 10.0. The first-order chi connectivity index (χ1) is 12.3. The van der Waals surface area contributed by atoms with Crippen molar-refractivity contribution in [3.05, 3.63) is 35.9 Å². The van der Waals surface area contributed by atoms with Crippen LogP contribution in [0.5, 0.6) is 0 Å². The highest BCUT2D eigenvalue weighted by Crippen LogP contribution is 2.06. The minimum Gasteiger partial charge on any atom is -0.467 e. The van der Waals surface area contributed by atoms with Crippen LogP contribution >= 0.6 is 0 Å². The molecule has 8 nitrogen and oxygen atoms in total. The zero-order valence-electron chi connectivity index (χ0n) is 15.4. The van der Waals surface area contributed by atoms with Crippen LogP contribution in [0.2, 0.25) is 0 Å². The van der Waals surface area contributed by atoms with E-state index in [0.717, 1.165) is 12.7 Å². The number of methoxy groups -OCH3 is 1. The zero-order valence-corrected chi connectivity index (χ0v) is 15.4. The highest BCUT2D eigenvalue weighted by atomic mass is 16.5. The van der Waals surface area contributed by atoms with Gasteiger partial charge >= 0.3 is 12.1 Å². The van der Waals surface area contributed by atoms with Crippen molar-refractivity contribution in [2.45, 2.75) is 45.6 Å². The van der Waals surface area contributed by atoms with Crippen molar-refractivity contribution in [3.63, 3.8) is 0 Å². The van der Waals surface area contributed by atoms with Crippen LogP contribution in [0.15, 0.2) is 30.3 Å². The SMILES string of the molecule is COC(=O)[C@@H](NC(=O)[C@@H](NC(=O)OCc1ccccc1)C(C)C)[C@H](C)O. The molecule has 0 fully saturated rings. The molecule has 0 saturated heterocycles. The second-order valence-corrected chi connectivity index (χ2v) is 6.18. The number of ether oxygens (including phenoxy) is 2. The van der Waals surface area contributed by atoms with Gasteiger partial charge in [0.2, 0.25) is 5.91 Å². The Morgan fingerprint density at radius 1 is 1.04 bits per heavy atom. The van der Waals surface area contributed by atoms with E-state index in [1.807, 2.05) is 30.3 Å². The van der Waals surface area contributed by atoms with E-state index in [-0.39, 0.29) is 12.5 Å². The van der Waals surface area contributed by atoms with Gasteiger partial charge in [-0.1, -0.05) is 44.2 Å². The number of benzene rings is 1. The minimum atomic E-state index is -1.23. The molecule has 0 aliphatic heterocycles. The van der Waals surface area contributed by atoms with E-state index < -0.39 is 36.2 Å². The molecule has 2 amide bonds. The molecule has 0 spiro atoms. The molecule has 1 aromatic carbocycles. The molecule has 0 aliphatic rings. The molecule has 0 aromatic heterocycles. The maximum Gasteiger partial charge on any atom is 0.408 e. The molecular weight excluding hydrogens is 340 g/mol. The van der Waals surface area contributed by atoms with Crippen LogP contribution in [0.1, 0.15) is 26.3 Å². The summed E-state index contributed by atoms with van der Waals surface area (Å²) in [5.41, 5.74) is 0.813. The van der Waals surface area contributed by atoms with Crippen molar-refractivity contribution in [1.29, 1.82) is 0 Å². The van der Waals surface area contributed by atoms with Gasteiger partial charge in [-0.2, -0.15) is 0 Å². The molecule has 3 N–H and O–H groups in total. The molecule has 1 aromatic rings. The molecule has 0 saturated carbocycles. The van der Waals surface area contributed by atoms with Crippen molar-refractivity contribution in [3.8, 4) is 0 Å². The summed E-state index contributed by atoms with van der Waals surface area (Å²) in [6, 6.07) is 6.95. The zero-order chi connectivity index (χ0) is 19.7. The van der Waals surface area contributed by atoms with Gasteiger partial charge in [-0.3, -0.25) is 4.79 Å². The summed E-state index contributed by atoms with van der Waals surface area (Å²) >= 11 is 0. The number of carbonyl (C=O) groups is 3. The smallest absolute Gasteiger partial charge is 0.408 e. The Bertz CT molecular complexity index is 603. The third-order valence-corrected chi connectivity index (χ3v) is 3.67. The monoisotopic (exact) mass is 366 g/mol. The Morgan fingerprint density at radius 3 is 2.15 bits per heavy atom. The van der Waals surface area contributed by atoms with Gasteiger partial charge in [0.05, 0.1) is 13.2 Å². The number of alkyl carbamates (subject to hydrolysis) is 1. The fourth-order valence-corrected chi connectivity index (χ4v) is 2.17. The first-order valence-electron chi connectivity index (χ1n) is 8.29. The summed E-state index contributed by atoms with van der Waals surface area (Å²) in [7, 11) is 1.16. The number of aliphatic hydroxyl groups excluding tert-OH is 1. The second kappa shape index (κ2) is 10.4. The normalized spacial score (nSPS) is 14.1. The van der Waals surface area contributed by atoms with Crippen molar-refractivity contribution in [2.75, 3.05) is 7.11 Å². The molecule has 144 valence electrons. The van der Waals surface area contributed by atoms with Crippen LogP contribution < -0.4 is 10.6 Å². The van der Waals surface area contributed by atoms with Gasteiger partial charge < -0.3 is 25.2 Å². The summed E-state index contributed by atoms with van der Waals surface area (Å²) in [6.07, 6.45) is -1.90. The molecule has 26 heavy (non-hydrogen) atoms. The van der Waals surface area contributed by atoms with Gasteiger partial charge in [-0.05, 0) is 18.4 Å². The fourth-order valence-electron chi connectivity index (χ4n) is 2.17. The fraction of sp³-hybridized carbons (Fsp3) is 0.500. The van der Waals surface area contributed by atoms with Crippen LogP contribution in [0.4, 0.5) is 4.79 Å². The Balaban J connectivity index is 2.67. The quantitative estimate of drug-likeness (QED) is 0.591.